The number of amides is 1. The topological polar surface area (TPSA) is 68.2 Å². The largest absolute Gasteiger partial charge is 0.352 e. The van der Waals surface area contributed by atoms with Crippen molar-refractivity contribution in [2.75, 3.05) is 18.1 Å². The van der Waals surface area contributed by atoms with Gasteiger partial charge < -0.3 is 9.88 Å². The van der Waals surface area contributed by atoms with E-state index in [1.54, 1.807) is 0 Å². The predicted molar refractivity (Wildman–Crippen MR) is 109 cm³/mol. The molecule has 0 saturated carbocycles. The second-order valence-corrected chi connectivity index (χ2v) is 9.57. The van der Waals surface area contributed by atoms with Crippen LogP contribution in [0.15, 0.2) is 36.4 Å². The second-order valence-electron chi connectivity index (χ2n) is 7.34. The van der Waals surface area contributed by atoms with Gasteiger partial charge in [0.2, 0.25) is 5.91 Å². The molecule has 0 radical (unpaired) electrons. The van der Waals surface area contributed by atoms with Crippen LogP contribution in [0.3, 0.4) is 0 Å². The van der Waals surface area contributed by atoms with Gasteiger partial charge in [-0.2, -0.15) is 0 Å². The van der Waals surface area contributed by atoms with E-state index in [0.717, 1.165) is 22.6 Å². The molecule has 0 unspecified atom stereocenters. The Balaban J connectivity index is 1.66. The quantitative estimate of drug-likeness (QED) is 0.804. The van der Waals surface area contributed by atoms with Crippen molar-refractivity contribution < 1.29 is 13.2 Å². The fourth-order valence-electron chi connectivity index (χ4n) is 3.55. The van der Waals surface area contributed by atoms with E-state index in [1.807, 2.05) is 19.9 Å². The average Bonchev–Trinajstić information content (AvgIpc) is 3.10. The molecule has 1 fully saturated rings. The number of hydrogen-bond donors (Lipinski definition) is 1. The number of carbonyl (C=O) groups is 1. The van der Waals surface area contributed by atoms with Crippen molar-refractivity contribution in [3.05, 3.63) is 58.9 Å². The van der Waals surface area contributed by atoms with Crippen LogP contribution < -0.4 is 5.32 Å². The summed E-state index contributed by atoms with van der Waals surface area (Å²) in [5.41, 5.74) is 5.48. The van der Waals surface area contributed by atoms with Crippen LogP contribution in [0.5, 0.6) is 0 Å². The Kier molecular flexibility index (Phi) is 5.56. The molecule has 0 bridgehead atoms. The van der Waals surface area contributed by atoms with E-state index in [4.69, 9.17) is 0 Å². The highest BCUT2D eigenvalue weighted by molar-refractivity contribution is 7.91. The van der Waals surface area contributed by atoms with E-state index >= 15 is 0 Å². The van der Waals surface area contributed by atoms with Crippen molar-refractivity contribution >= 4 is 21.8 Å². The number of aromatic nitrogens is 1. The molecular formula is C21H26N2O3S. The number of nitrogens with one attached hydrogen (secondary N) is 1. The Morgan fingerprint density at radius 1 is 1.22 bits per heavy atom. The lowest BCUT2D eigenvalue weighted by atomic mass is 10.1. The number of nitrogens with zero attached hydrogens (tertiary/aromatic N) is 1. The van der Waals surface area contributed by atoms with E-state index in [9.17, 15) is 13.2 Å². The standard InChI is InChI=1S/C21H26N2O3S/c1-15-4-7-20(8-5-15)23-16(2)12-19(17(23)3)6-9-21(24)22-13-18-10-11-27(25,26)14-18/h4-9,12,18H,10-11,13-14H2,1-3H3,(H,22,24)/b9-6-/t18-/m0/s1. The number of aryl methyl sites for hydroxylation is 2. The number of hydrogen-bond acceptors (Lipinski definition) is 3. The first-order chi connectivity index (χ1) is 12.7. The number of carbonyl (C=O) groups excluding carboxylic acids is 1. The van der Waals surface area contributed by atoms with Crippen LogP contribution in [-0.2, 0) is 14.6 Å². The monoisotopic (exact) mass is 386 g/mol. The molecule has 1 aliphatic rings. The van der Waals surface area contributed by atoms with Gasteiger partial charge in [-0.3, -0.25) is 4.79 Å². The maximum Gasteiger partial charge on any atom is 0.244 e. The highest BCUT2D eigenvalue weighted by Gasteiger charge is 2.27. The van der Waals surface area contributed by atoms with Crippen molar-refractivity contribution in [3.63, 3.8) is 0 Å². The summed E-state index contributed by atoms with van der Waals surface area (Å²) >= 11 is 0. The Morgan fingerprint density at radius 3 is 2.56 bits per heavy atom. The van der Waals surface area contributed by atoms with E-state index in [2.05, 4.69) is 47.1 Å². The Hall–Kier alpha value is -2.34. The van der Waals surface area contributed by atoms with Gasteiger partial charge in [-0.15, -0.1) is 0 Å². The summed E-state index contributed by atoms with van der Waals surface area (Å²) in [7, 11) is -2.91. The van der Waals surface area contributed by atoms with Crippen molar-refractivity contribution in [2.45, 2.75) is 27.2 Å². The summed E-state index contributed by atoms with van der Waals surface area (Å²) in [6, 6.07) is 10.4. The molecule has 144 valence electrons. The van der Waals surface area contributed by atoms with Gasteiger partial charge in [-0.1, -0.05) is 17.7 Å². The van der Waals surface area contributed by atoms with Crippen molar-refractivity contribution in [2.24, 2.45) is 5.92 Å². The molecule has 1 N–H and O–H groups in total. The molecule has 2 heterocycles. The zero-order valence-electron chi connectivity index (χ0n) is 16.0. The highest BCUT2D eigenvalue weighted by Crippen LogP contribution is 2.22. The average molecular weight is 387 g/mol. The number of benzene rings is 1. The predicted octanol–water partition coefficient (Wildman–Crippen LogP) is 2.97. The summed E-state index contributed by atoms with van der Waals surface area (Å²) in [4.78, 5) is 12.1. The fourth-order valence-corrected chi connectivity index (χ4v) is 5.41. The lowest BCUT2D eigenvalue weighted by molar-refractivity contribution is -0.116. The maximum atomic E-state index is 12.1. The summed E-state index contributed by atoms with van der Waals surface area (Å²) < 4.78 is 25.1. The van der Waals surface area contributed by atoms with E-state index in [1.165, 1.54) is 11.6 Å². The second kappa shape index (κ2) is 7.72. The van der Waals surface area contributed by atoms with Crippen molar-refractivity contribution in [1.82, 2.24) is 9.88 Å². The van der Waals surface area contributed by atoms with E-state index < -0.39 is 9.84 Å². The van der Waals surface area contributed by atoms with Gasteiger partial charge in [-0.05, 0) is 62.9 Å². The van der Waals surface area contributed by atoms with Crippen molar-refractivity contribution in [1.29, 1.82) is 0 Å². The summed E-state index contributed by atoms with van der Waals surface area (Å²) in [5, 5.41) is 2.81. The van der Waals surface area contributed by atoms with Crippen LogP contribution in [0.25, 0.3) is 11.8 Å². The SMILES string of the molecule is Cc1ccc(-n2c(C)cc(/C=C\C(=O)NC[C@@H]3CCS(=O)(=O)C3)c2C)cc1. The third-order valence-corrected chi connectivity index (χ3v) is 6.91. The van der Waals surface area contributed by atoms with Crippen LogP contribution in [0.2, 0.25) is 0 Å². The third kappa shape index (κ3) is 4.69. The van der Waals surface area contributed by atoms with Gasteiger partial charge >= 0.3 is 0 Å². The fraction of sp³-hybridized carbons (Fsp3) is 0.381. The van der Waals surface area contributed by atoms with Gasteiger partial charge in [0.15, 0.2) is 9.84 Å². The molecule has 1 aromatic heterocycles. The highest BCUT2D eigenvalue weighted by atomic mass is 32.2. The first kappa shape index (κ1) is 19.4. The Morgan fingerprint density at radius 2 is 1.93 bits per heavy atom. The van der Waals surface area contributed by atoms with E-state index in [0.29, 0.717) is 13.0 Å². The molecule has 0 spiro atoms. The van der Waals surface area contributed by atoms with Gasteiger partial charge in [0.25, 0.3) is 0 Å². The molecule has 0 aliphatic carbocycles. The molecule has 27 heavy (non-hydrogen) atoms. The molecule has 1 amide bonds. The summed E-state index contributed by atoms with van der Waals surface area (Å²) in [5.74, 6) is 0.238. The minimum Gasteiger partial charge on any atom is -0.352 e. The molecule has 3 rings (SSSR count). The van der Waals surface area contributed by atoms with Gasteiger partial charge in [-0.25, -0.2) is 8.42 Å². The first-order valence-corrected chi connectivity index (χ1v) is 11.0. The molecule has 1 aromatic carbocycles. The zero-order valence-corrected chi connectivity index (χ0v) is 16.8. The zero-order chi connectivity index (χ0) is 19.6. The van der Waals surface area contributed by atoms with Gasteiger partial charge in [0, 0.05) is 29.7 Å². The smallest absolute Gasteiger partial charge is 0.244 e. The lowest BCUT2D eigenvalue weighted by Gasteiger charge is -2.10. The third-order valence-electron chi connectivity index (χ3n) is 5.07. The van der Waals surface area contributed by atoms with Crippen LogP contribution in [0, 0.1) is 26.7 Å². The Bertz CT molecular complexity index is 970. The lowest BCUT2D eigenvalue weighted by Crippen LogP contribution is -2.28. The first-order valence-electron chi connectivity index (χ1n) is 9.17. The summed E-state index contributed by atoms with van der Waals surface area (Å²) in [6.45, 7) is 6.55. The molecule has 1 saturated heterocycles. The van der Waals surface area contributed by atoms with Gasteiger partial charge in [0.05, 0.1) is 11.5 Å². The minimum absolute atomic E-state index is 0.0268. The normalized spacial score (nSPS) is 18.9. The maximum absolute atomic E-state index is 12.1. The Labute approximate surface area is 161 Å². The number of sulfone groups is 1. The van der Waals surface area contributed by atoms with Crippen LogP contribution in [0.4, 0.5) is 0 Å². The number of rotatable bonds is 5. The van der Waals surface area contributed by atoms with Crippen LogP contribution in [-0.4, -0.2) is 36.9 Å². The molecular weight excluding hydrogens is 360 g/mol. The van der Waals surface area contributed by atoms with Crippen LogP contribution >= 0.6 is 0 Å². The molecule has 1 aliphatic heterocycles. The molecule has 2 aromatic rings. The van der Waals surface area contributed by atoms with Gasteiger partial charge in [0.1, 0.15) is 0 Å². The van der Waals surface area contributed by atoms with Crippen LogP contribution in [0.1, 0.15) is 28.9 Å². The summed E-state index contributed by atoms with van der Waals surface area (Å²) in [6.07, 6.45) is 3.96. The van der Waals surface area contributed by atoms with E-state index in [-0.39, 0.29) is 23.3 Å². The molecule has 5 nitrogen and oxygen atoms in total. The molecule has 1 atom stereocenters. The van der Waals surface area contributed by atoms with Crippen molar-refractivity contribution in [3.8, 4) is 5.69 Å². The minimum atomic E-state index is -2.91. The molecule has 6 heteroatoms.